The standard InChI is InChI=1S/C51H75FN6O14S/c1-53-46(50(64)65)18-13-14-26-54-47(60)38-71-33-30-68-28-15-17-41(59)37-70-32-31-69-29-27-55-49(63)40-35-56-51(57-36-40)58-73(66,67)44-23-20-42(21-24-44)72-43-22-25-45(52)39(34-43)16-11-9-7-5-3-2-4-6-8-10-12-19-48(61)62/h20-25,34-36,46,53H,2-19,26-33,37-38H2,1H3,(H,54,60)(H,55,63)(H,61,62)(H,64,65)(H,56,57,58)/t46-/m0/s1. The number of halogens is 1. The van der Waals surface area contributed by atoms with Crippen LogP contribution in [0.3, 0.4) is 0 Å². The summed E-state index contributed by atoms with van der Waals surface area (Å²) in [6.07, 6.45) is 17.2. The summed E-state index contributed by atoms with van der Waals surface area (Å²) < 4.78 is 70.5. The number of rotatable bonds is 44. The molecule has 0 spiro atoms. The van der Waals surface area contributed by atoms with Crippen molar-refractivity contribution in [1.82, 2.24) is 25.9 Å². The Morgan fingerprint density at radius 3 is 1.89 bits per heavy atom. The molecular formula is C51H75FN6O14S. The zero-order valence-electron chi connectivity index (χ0n) is 42.0. The molecule has 73 heavy (non-hydrogen) atoms. The molecule has 0 fully saturated rings. The minimum Gasteiger partial charge on any atom is -0.481 e. The summed E-state index contributed by atoms with van der Waals surface area (Å²) in [5.74, 6) is -2.25. The highest BCUT2D eigenvalue weighted by molar-refractivity contribution is 7.92. The van der Waals surface area contributed by atoms with Crippen LogP contribution in [-0.4, -0.2) is 137 Å². The number of ether oxygens (including phenoxy) is 5. The molecule has 1 heterocycles. The number of hydrogen-bond acceptors (Lipinski definition) is 15. The number of sulfonamides is 1. The van der Waals surface area contributed by atoms with Crippen molar-refractivity contribution in [3.05, 3.63) is 71.8 Å². The number of carboxylic acid groups (broad SMARTS) is 2. The number of nitrogens with one attached hydrogen (secondary N) is 4. The lowest BCUT2D eigenvalue weighted by molar-refractivity contribution is -0.139. The molecule has 0 unspecified atom stereocenters. The summed E-state index contributed by atoms with van der Waals surface area (Å²) in [4.78, 5) is 65.9. The van der Waals surface area contributed by atoms with Gasteiger partial charge in [0.1, 0.15) is 36.6 Å². The van der Waals surface area contributed by atoms with Gasteiger partial charge in [-0.05, 0) is 100 Å². The van der Waals surface area contributed by atoms with Crippen LogP contribution in [0.2, 0.25) is 0 Å². The van der Waals surface area contributed by atoms with E-state index in [1.807, 2.05) is 0 Å². The summed E-state index contributed by atoms with van der Waals surface area (Å²) in [5, 5.41) is 25.8. The topological polar surface area (TPSA) is 280 Å². The zero-order valence-corrected chi connectivity index (χ0v) is 42.9. The van der Waals surface area contributed by atoms with E-state index in [0.29, 0.717) is 62.3 Å². The van der Waals surface area contributed by atoms with Crippen molar-refractivity contribution < 1.29 is 70.7 Å². The van der Waals surface area contributed by atoms with Gasteiger partial charge >= 0.3 is 11.9 Å². The molecule has 20 nitrogen and oxygen atoms in total. The van der Waals surface area contributed by atoms with E-state index >= 15 is 0 Å². The number of carbonyl (C=O) groups is 5. The predicted molar refractivity (Wildman–Crippen MR) is 270 cm³/mol. The average Bonchev–Trinajstić information content (AvgIpc) is 3.36. The summed E-state index contributed by atoms with van der Waals surface area (Å²) in [5.41, 5.74) is 0.649. The quantitative estimate of drug-likeness (QED) is 0.0325. The van der Waals surface area contributed by atoms with E-state index in [-0.39, 0.29) is 99.5 Å². The number of unbranched alkanes of at least 4 members (excludes halogenated alkanes) is 11. The first-order valence-corrected chi connectivity index (χ1v) is 26.7. The molecule has 0 radical (unpaired) electrons. The Hall–Kier alpha value is -5.65. The Labute approximate surface area is 428 Å². The van der Waals surface area contributed by atoms with Crippen LogP contribution in [0.1, 0.15) is 125 Å². The fourth-order valence-electron chi connectivity index (χ4n) is 7.21. The molecule has 1 aromatic heterocycles. The zero-order chi connectivity index (χ0) is 52.9. The van der Waals surface area contributed by atoms with Gasteiger partial charge in [0.05, 0.1) is 43.5 Å². The van der Waals surface area contributed by atoms with Gasteiger partial charge in [-0.25, -0.2) is 27.5 Å². The molecule has 6 N–H and O–H groups in total. The van der Waals surface area contributed by atoms with Crippen molar-refractivity contribution >= 4 is 45.5 Å². The molecule has 3 aromatic rings. The molecule has 2 aromatic carbocycles. The predicted octanol–water partition coefficient (Wildman–Crippen LogP) is 6.62. The van der Waals surface area contributed by atoms with Crippen LogP contribution < -0.4 is 25.4 Å². The molecule has 0 aliphatic rings. The number of aryl methyl sites for hydroxylation is 1. The first kappa shape index (κ1) is 61.6. The lowest BCUT2D eigenvalue weighted by Gasteiger charge is -2.11. The van der Waals surface area contributed by atoms with E-state index in [1.54, 1.807) is 13.1 Å². The smallest absolute Gasteiger partial charge is 0.320 e. The normalized spacial score (nSPS) is 11.8. The van der Waals surface area contributed by atoms with E-state index in [9.17, 15) is 36.8 Å². The molecule has 1 atom stereocenters. The maximum atomic E-state index is 14.6. The number of amides is 2. The summed E-state index contributed by atoms with van der Waals surface area (Å²) in [6, 6.07) is 9.63. The lowest BCUT2D eigenvalue weighted by Crippen LogP contribution is -2.34. The molecule has 22 heteroatoms. The maximum absolute atomic E-state index is 14.6. The van der Waals surface area contributed by atoms with Crippen molar-refractivity contribution in [3.63, 3.8) is 0 Å². The van der Waals surface area contributed by atoms with Crippen LogP contribution in [0.5, 0.6) is 11.5 Å². The number of likely N-dealkylation sites (N-methyl/N-ethyl adjacent to an activating group) is 1. The van der Waals surface area contributed by atoms with Gasteiger partial charge in [-0.3, -0.25) is 24.0 Å². The van der Waals surface area contributed by atoms with E-state index < -0.39 is 33.9 Å². The number of ketones is 1. The lowest BCUT2D eigenvalue weighted by atomic mass is 10.0. The van der Waals surface area contributed by atoms with Gasteiger partial charge in [-0.2, -0.15) is 0 Å². The number of benzene rings is 2. The fourth-order valence-corrected chi connectivity index (χ4v) is 8.16. The average molecular weight is 1050 g/mol. The molecule has 0 bridgehead atoms. The largest absolute Gasteiger partial charge is 0.481 e. The minimum atomic E-state index is -4.10. The van der Waals surface area contributed by atoms with Crippen LogP contribution in [0, 0.1) is 5.82 Å². The van der Waals surface area contributed by atoms with Gasteiger partial charge in [0, 0.05) is 44.9 Å². The number of hydrogen-bond donors (Lipinski definition) is 6. The van der Waals surface area contributed by atoms with E-state index in [0.717, 1.165) is 57.8 Å². The van der Waals surface area contributed by atoms with Crippen LogP contribution in [0.15, 0.2) is 59.8 Å². The maximum Gasteiger partial charge on any atom is 0.320 e. The number of aromatic nitrogens is 2. The number of Topliss-reactive ketones (excluding diaryl/α,β-unsaturated/α-hetero) is 1. The van der Waals surface area contributed by atoms with Crippen molar-refractivity contribution in [3.8, 4) is 11.5 Å². The summed E-state index contributed by atoms with van der Waals surface area (Å²) in [7, 11) is -2.50. The SMILES string of the molecule is CN[C@@H](CCCCNC(=O)COCCOCCCC(=O)COCCOCCNC(=O)c1cnc(NS(=O)(=O)c2ccc(Oc3ccc(F)c(CCCCCCCCCCCCCC(=O)O)c3)cc2)nc1)C(=O)O. The van der Waals surface area contributed by atoms with E-state index in [4.69, 9.17) is 33.9 Å². The van der Waals surface area contributed by atoms with Crippen molar-refractivity contribution in [2.24, 2.45) is 0 Å². The second-order valence-corrected chi connectivity index (χ2v) is 18.9. The van der Waals surface area contributed by atoms with E-state index in [2.05, 4.69) is 30.6 Å². The fraction of sp³-hybridized carbons (Fsp3) is 0.588. The number of carboxylic acids is 2. The molecular weight excluding hydrogens is 972 g/mol. The van der Waals surface area contributed by atoms with Gasteiger partial charge in [-0.1, -0.05) is 57.8 Å². The van der Waals surface area contributed by atoms with Gasteiger partial charge < -0.3 is 49.8 Å². The minimum absolute atomic E-state index is 0.0757. The Kier molecular flexibility index (Phi) is 31.4. The van der Waals surface area contributed by atoms with Crippen LogP contribution >= 0.6 is 0 Å². The Morgan fingerprint density at radius 1 is 0.644 bits per heavy atom. The second kappa shape index (κ2) is 37.1. The Morgan fingerprint density at radius 2 is 1.25 bits per heavy atom. The highest BCUT2D eigenvalue weighted by atomic mass is 32.2. The van der Waals surface area contributed by atoms with Crippen LogP contribution in [0.25, 0.3) is 0 Å². The molecule has 0 aliphatic carbocycles. The third-order valence-corrected chi connectivity index (χ3v) is 12.6. The molecule has 2 amide bonds. The van der Waals surface area contributed by atoms with Gasteiger partial charge in [0.2, 0.25) is 11.9 Å². The molecule has 406 valence electrons. The molecule has 0 saturated carbocycles. The van der Waals surface area contributed by atoms with Gasteiger partial charge in [0.25, 0.3) is 15.9 Å². The second-order valence-electron chi connectivity index (χ2n) is 17.3. The third kappa shape index (κ3) is 28.4. The summed E-state index contributed by atoms with van der Waals surface area (Å²) >= 11 is 0. The number of carbonyl (C=O) groups excluding carboxylic acids is 3. The number of anilines is 1. The van der Waals surface area contributed by atoms with Crippen LogP contribution in [0.4, 0.5) is 10.3 Å². The van der Waals surface area contributed by atoms with Crippen LogP contribution in [-0.2, 0) is 54.6 Å². The molecule has 0 aliphatic heterocycles. The van der Waals surface area contributed by atoms with Gasteiger partial charge in [0.15, 0.2) is 5.78 Å². The van der Waals surface area contributed by atoms with Crippen molar-refractivity contribution in [2.45, 2.75) is 127 Å². The number of nitrogens with zero attached hydrogens (tertiary/aromatic N) is 2. The van der Waals surface area contributed by atoms with Crippen molar-refractivity contribution in [2.75, 3.05) is 77.7 Å². The monoisotopic (exact) mass is 1050 g/mol. The Bertz CT molecular complexity index is 2190. The van der Waals surface area contributed by atoms with E-state index in [1.165, 1.54) is 61.6 Å². The molecule has 3 rings (SSSR count). The highest BCUT2D eigenvalue weighted by Crippen LogP contribution is 2.26. The van der Waals surface area contributed by atoms with Gasteiger partial charge in [-0.15, -0.1) is 0 Å². The molecule has 0 saturated heterocycles. The third-order valence-electron chi connectivity index (χ3n) is 11.3. The first-order valence-electron chi connectivity index (χ1n) is 25.2. The number of aliphatic carboxylic acids is 2. The first-order chi connectivity index (χ1) is 35.3. The summed E-state index contributed by atoms with van der Waals surface area (Å²) in [6.45, 7) is 1.78. The van der Waals surface area contributed by atoms with Crippen molar-refractivity contribution in [1.29, 1.82) is 0 Å². The Balaban J connectivity index is 1.19. The highest BCUT2D eigenvalue weighted by Gasteiger charge is 2.18.